The number of carbonyl (C=O) groups is 5. The van der Waals surface area contributed by atoms with Crippen LogP contribution in [0.4, 0.5) is 10.5 Å². The van der Waals surface area contributed by atoms with E-state index in [9.17, 15) is 32.4 Å². The van der Waals surface area contributed by atoms with E-state index < -0.39 is 45.7 Å². The van der Waals surface area contributed by atoms with Crippen molar-refractivity contribution in [2.75, 3.05) is 17.6 Å². The minimum Gasteiger partial charge on any atom is -0.461 e. The average Bonchev–Trinajstić information content (AvgIpc) is 2.92. The van der Waals surface area contributed by atoms with Crippen LogP contribution < -0.4 is 27.0 Å². The van der Waals surface area contributed by atoms with Crippen LogP contribution in [0.5, 0.6) is 0 Å². The van der Waals surface area contributed by atoms with Crippen LogP contribution >= 0.6 is 0 Å². The normalized spacial score (nSPS) is 12.5. The molecule has 0 spiro atoms. The van der Waals surface area contributed by atoms with Gasteiger partial charge in [-0.05, 0) is 49.3 Å². The van der Waals surface area contributed by atoms with Crippen molar-refractivity contribution in [3.05, 3.63) is 41.8 Å². The summed E-state index contributed by atoms with van der Waals surface area (Å²) < 4.78 is 27.9. The maximum atomic E-state index is 13.2. The van der Waals surface area contributed by atoms with Crippen LogP contribution in [0.3, 0.4) is 0 Å². The van der Waals surface area contributed by atoms with Gasteiger partial charge >= 0.3 is 12.0 Å². The fourth-order valence-corrected chi connectivity index (χ4v) is 4.55. The highest BCUT2D eigenvalue weighted by atomic mass is 32.2. The quantitative estimate of drug-likeness (QED) is 0.115. The first kappa shape index (κ1) is 36.1. The Hall–Kier alpha value is -3.94. The molecule has 1 rings (SSSR count). The van der Waals surface area contributed by atoms with E-state index >= 15 is 0 Å². The van der Waals surface area contributed by atoms with Gasteiger partial charge in [-0.25, -0.2) is 13.2 Å². The summed E-state index contributed by atoms with van der Waals surface area (Å²) in [6.45, 7) is 8.37. The molecule has 0 radical (unpaired) electrons. The second-order valence-electron chi connectivity index (χ2n) is 10.1. The predicted octanol–water partition coefficient (Wildman–Crippen LogP) is 1.88. The third-order valence-electron chi connectivity index (χ3n) is 6.12. The number of esters is 1. The maximum Gasteiger partial charge on any atom is 0.312 e. The second-order valence-corrected chi connectivity index (χ2v) is 12.2. The molecule has 5 amide bonds. The van der Waals surface area contributed by atoms with Gasteiger partial charge in [0, 0.05) is 31.0 Å². The third kappa shape index (κ3) is 15.2. The number of hydrogen-bond acceptors (Lipinski definition) is 8. The zero-order valence-electron chi connectivity index (χ0n) is 24.4. The fourth-order valence-electron chi connectivity index (χ4n) is 3.78. The molecule has 13 nitrogen and oxygen atoms in total. The van der Waals surface area contributed by atoms with Crippen molar-refractivity contribution in [2.45, 2.75) is 78.0 Å². The lowest BCUT2D eigenvalue weighted by Crippen LogP contribution is -2.54. The zero-order chi connectivity index (χ0) is 31.7. The Bertz CT molecular complexity index is 1190. The number of hydrogen-bond donors (Lipinski definition) is 5. The number of ether oxygens (including phenoxy) is 1. The van der Waals surface area contributed by atoms with Gasteiger partial charge in [0.15, 0.2) is 9.84 Å². The fraction of sp³-hybridized carbons (Fsp3) is 0.536. The monoisotopic (exact) mass is 609 g/mol. The molecule has 0 saturated heterocycles. The zero-order valence-corrected chi connectivity index (χ0v) is 25.3. The highest BCUT2D eigenvalue weighted by molar-refractivity contribution is 7.94. The van der Waals surface area contributed by atoms with E-state index in [1.807, 2.05) is 0 Å². The van der Waals surface area contributed by atoms with Crippen LogP contribution in [-0.4, -0.2) is 62.5 Å². The summed E-state index contributed by atoms with van der Waals surface area (Å²) >= 11 is 0. The Morgan fingerprint density at radius 2 is 1.64 bits per heavy atom. The number of benzene rings is 1. The molecule has 0 heterocycles. The summed E-state index contributed by atoms with van der Waals surface area (Å²) in [5.74, 6) is -2.16. The largest absolute Gasteiger partial charge is 0.461 e. The van der Waals surface area contributed by atoms with Gasteiger partial charge in [-0.1, -0.05) is 39.0 Å². The van der Waals surface area contributed by atoms with Crippen molar-refractivity contribution in [3.8, 4) is 0 Å². The van der Waals surface area contributed by atoms with Crippen molar-refractivity contribution >= 4 is 45.2 Å². The van der Waals surface area contributed by atoms with E-state index in [0.717, 1.165) is 11.0 Å². The van der Waals surface area contributed by atoms with Crippen LogP contribution in [-0.2, 0) is 40.4 Å². The minimum atomic E-state index is -3.29. The minimum absolute atomic E-state index is 0.0357. The van der Waals surface area contributed by atoms with Crippen LogP contribution in [0, 0.1) is 5.92 Å². The van der Waals surface area contributed by atoms with Gasteiger partial charge in [0.1, 0.15) is 18.7 Å². The molecule has 42 heavy (non-hydrogen) atoms. The number of anilines is 1. The van der Waals surface area contributed by atoms with E-state index in [4.69, 9.17) is 10.5 Å². The molecule has 1 aromatic rings. The number of primary amides is 1. The van der Waals surface area contributed by atoms with Crippen molar-refractivity contribution in [3.63, 3.8) is 0 Å². The van der Waals surface area contributed by atoms with Gasteiger partial charge in [-0.2, -0.15) is 0 Å². The standard InChI is InChI=1S/C28H43N5O8S/c1-5-42(39,40)17-8-6-7-11-24(35)33-25(19(2)3)27(37)32-23(10-9-16-30-28(29)38)26(36)31-22-14-12-21(13-15-22)18-41-20(4)34/h5,12-15,19,23,25H,1,6-11,16-18H2,2-4H3,(H,31,36)(H,32,37)(H,33,35)(H3,29,30,38)/t23?,25-/m0/s1. The highest BCUT2D eigenvalue weighted by Gasteiger charge is 2.28. The first-order chi connectivity index (χ1) is 19.7. The molecular weight excluding hydrogens is 566 g/mol. The van der Waals surface area contributed by atoms with Crippen LogP contribution in [0.25, 0.3) is 0 Å². The number of rotatable bonds is 19. The van der Waals surface area contributed by atoms with Crippen LogP contribution in [0.1, 0.15) is 64.9 Å². The molecule has 234 valence electrons. The van der Waals surface area contributed by atoms with E-state index in [1.165, 1.54) is 6.92 Å². The van der Waals surface area contributed by atoms with Gasteiger partial charge < -0.3 is 31.7 Å². The predicted molar refractivity (Wildman–Crippen MR) is 159 cm³/mol. The molecule has 0 aliphatic carbocycles. The number of nitrogens with one attached hydrogen (secondary N) is 4. The molecule has 0 aliphatic heterocycles. The number of unbranched alkanes of at least 4 members (excludes halogenated alkanes) is 2. The third-order valence-corrected chi connectivity index (χ3v) is 7.48. The molecule has 0 bridgehead atoms. The van der Waals surface area contributed by atoms with Gasteiger partial charge in [0.05, 0.1) is 5.75 Å². The molecular formula is C28H43N5O8S. The van der Waals surface area contributed by atoms with Crippen molar-refractivity contribution < 1.29 is 37.1 Å². The number of urea groups is 1. The number of nitrogens with two attached hydrogens (primary N) is 1. The first-order valence-corrected chi connectivity index (χ1v) is 15.5. The Balaban J connectivity index is 2.82. The van der Waals surface area contributed by atoms with Gasteiger partial charge in [-0.15, -0.1) is 0 Å². The van der Waals surface area contributed by atoms with Crippen molar-refractivity contribution in [1.29, 1.82) is 0 Å². The van der Waals surface area contributed by atoms with Crippen molar-refractivity contribution in [2.24, 2.45) is 11.7 Å². The number of amides is 5. The molecule has 0 fully saturated rings. The number of sulfone groups is 1. The maximum absolute atomic E-state index is 13.2. The Kier molecular flexibility index (Phi) is 15.9. The van der Waals surface area contributed by atoms with Crippen LogP contribution in [0.15, 0.2) is 36.3 Å². The SMILES string of the molecule is C=CS(=O)(=O)CCCCCC(=O)N[C@H](C(=O)NC(CCCNC(N)=O)C(=O)Nc1ccc(COC(C)=O)cc1)C(C)C. The smallest absolute Gasteiger partial charge is 0.312 e. The Morgan fingerprint density at radius 3 is 2.21 bits per heavy atom. The Labute approximate surface area is 247 Å². The van der Waals surface area contributed by atoms with Gasteiger partial charge in [-0.3, -0.25) is 19.2 Å². The molecule has 1 unspecified atom stereocenters. The topological polar surface area (TPSA) is 203 Å². The van der Waals surface area contributed by atoms with Gasteiger partial charge in [0.25, 0.3) is 0 Å². The molecule has 0 saturated carbocycles. The lowest BCUT2D eigenvalue weighted by molar-refractivity contribution is -0.142. The molecule has 0 aromatic heterocycles. The average molecular weight is 610 g/mol. The van der Waals surface area contributed by atoms with E-state index in [2.05, 4.69) is 27.8 Å². The summed E-state index contributed by atoms with van der Waals surface area (Å²) in [6, 6.07) is 4.02. The van der Waals surface area contributed by atoms with E-state index in [1.54, 1.807) is 38.1 Å². The summed E-state index contributed by atoms with van der Waals surface area (Å²) in [6.07, 6.45) is 1.98. The van der Waals surface area contributed by atoms with Crippen molar-refractivity contribution in [1.82, 2.24) is 16.0 Å². The molecule has 6 N–H and O–H groups in total. The summed E-state index contributed by atoms with van der Waals surface area (Å²) in [5, 5.41) is 11.5. The molecule has 1 aromatic carbocycles. The summed E-state index contributed by atoms with van der Waals surface area (Å²) in [4.78, 5) is 60.9. The highest BCUT2D eigenvalue weighted by Crippen LogP contribution is 2.13. The number of carbonyl (C=O) groups excluding carboxylic acids is 5. The van der Waals surface area contributed by atoms with E-state index in [0.29, 0.717) is 31.4 Å². The van der Waals surface area contributed by atoms with Crippen LogP contribution in [0.2, 0.25) is 0 Å². The summed E-state index contributed by atoms with van der Waals surface area (Å²) in [7, 11) is -3.29. The lowest BCUT2D eigenvalue weighted by Gasteiger charge is -2.25. The molecule has 14 heteroatoms. The second kappa shape index (κ2) is 18.5. The molecule has 0 aliphatic rings. The molecule has 2 atom stereocenters. The van der Waals surface area contributed by atoms with E-state index in [-0.39, 0.29) is 43.6 Å². The first-order valence-electron chi connectivity index (χ1n) is 13.8. The Morgan fingerprint density at radius 1 is 0.976 bits per heavy atom. The summed E-state index contributed by atoms with van der Waals surface area (Å²) in [5.41, 5.74) is 6.28. The van der Waals surface area contributed by atoms with Gasteiger partial charge in [0.2, 0.25) is 17.7 Å². The lowest BCUT2D eigenvalue weighted by atomic mass is 10.0.